The highest BCUT2D eigenvalue weighted by molar-refractivity contribution is 5.86. The third kappa shape index (κ3) is 2.25. The lowest BCUT2D eigenvalue weighted by molar-refractivity contribution is 0.0688. The molecule has 0 aliphatic rings. The largest absolute Gasteiger partial charge is 0.481 e. The number of nitrogens with zero attached hydrogens (tertiary/aromatic N) is 1. The molecule has 0 aromatic carbocycles. The number of methoxy groups -OCH3 is 1. The Bertz CT molecular complexity index is 410. The maximum absolute atomic E-state index is 12.6. The summed E-state index contributed by atoms with van der Waals surface area (Å²) in [6, 6.07) is 0.803. The molecule has 0 atom stereocenters. The van der Waals surface area contributed by atoms with E-state index in [0.29, 0.717) is 0 Å². The van der Waals surface area contributed by atoms with Gasteiger partial charge in [0.15, 0.2) is 5.69 Å². The lowest BCUT2D eigenvalue weighted by Crippen LogP contribution is -2.11. The number of aromatic carboxylic acids is 1. The number of halogens is 2. The minimum atomic E-state index is -2.83. The van der Waals surface area contributed by atoms with Gasteiger partial charge in [-0.1, -0.05) is 0 Å². The SMILES string of the molecule is COc1nc(C(=O)O)cc(C(F)F)c1CN. The molecule has 0 spiro atoms. The van der Waals surface area contributed by atoms with E-state index in [2.05, 4.69) is 4.98 Å². The lowest BCUT2D eigenvalue weighted by Gasteiger charge is -2.11. The van der Waals surface area contributed by atoms with Crippen LogP contribution < -0.4 is 10.5 Å². The van der Waals surface area contributed by atoms with Crippen LogP contribution in [0.25, 0.3) is 0 Å². The zero-order valence-electron chi connectivity index (χ0n) is 8.41. The van der Waals surface area contributed by atoms with Gasteiger partial charge < -0.3 is 15.6 Å². The molecule has 7 heteroatoms. The van der Waals surface area contributed by atoms with Crippen LogP contribution in [0.1, 0.15) is 28.0 Å². The smallest absolute Gasteiger partial charge is 0.354 e. The Hall–Kier alpha value is -1.76. The van der Waals surface area contributed by atoms with E-state index in [-0.39, 0.29) is 18.0 Å². The molecule has 0 saturated heterocycles. The third-order valence-electron chi connectivity index (χ3n) is 1.97. The highest BCUT2D eigenvalue weighted by Crippen LogP contribution is 2.29. The van der Waals surface area contributed by atoms with Crippen molar-refractivity contribution in [2.75, 3.05) is 7.11 Å². The monoisotopic (exact) mass is 232 g/mol. The fraction of sp³-hybridized carbons (Fsp3) is 0.333. The summed E-state index contributed by atoms with van der Waals surface area (Å²) in [6.07, 6.45) is -2.83. The van der Waals surface area contributed by atoms with Crippen molar-refractivity contribution in [2.24, 2.45) is 5.73 Å². The summed E-state index contributed by atoms with van der Waals surface area (Å²) in [4.78, 5) is 14.2. The molecule has 1 aromatic heterocycles. The summed E-state index contributed by atoms with van der Waals surface area (Å²) in [5.74, 6) is -1.58. The third-order valence-corrected chi connectivity index (χ3v) is 1.97. The first-order chi connectivity index (χ1) is 7.51. The quantitative estimate of drug-likeness (QED) is 0.814. The fourth-order valence-corrected chi connectivity index (χ4v) is 1.25. The van der Waals surface area contributed by atoms with E-state index in [4.69, 9.17) is 15.6 Å². The van der Waals surface area contributed by atoms with Crippen LogP contribution in [0.5, 0.6) is 5.88 Å². The van der Waals surface area contributed by atoms with Crippen molar-refractivity contribution in [3.63, 3.8) is 0 Å². The predicted molar refractivity (Wildman–Crippen MR) is 50.6 cm³/mol. The zero-order chi connectivity index (χ0) is 12.3. The first-order valence-corrected chi connectivity index (χ1v) is 4.30. The van der Waals surface area contributed by atoms with Crippen LogP contribution in [0, 0.1) is 0 Å². The zero-order valence-corrected chi connectivity index (χ0v) is 8.41. The van der Waals surface area contributed by atoms with Crippen LogP contribution in [0.3, 0.4) is 0 Å². The van der Waals surface area contributed by atoms with Gasteiger partial charge >= 0.3 is 5.97 Å². The normalized spacial score (nSPS) is 10.6. The van der Waals surface area contributed by atoms with Gasteiger partial charge in [-0.05, 0) is 6.07 Å². The predicted octanol–water partition coefficient (Wildman–Crippen LogP) is 1.18. The molecule has 0 radical (unpaired) electrons. The number of carbonyl (C=O) groups is 1. The Labute approximate surface area is 89.9 Å². The molecular weight excluding hydrogens is 222 g/mol. The molecule has 0 fully saturated rings. The van der Waals surface area contributed by atoms with Crippen LogP contribution in [-0.4, -0.2) is 23.2 Å². The number of carboxylic acid groups (broad SMARTS) is 1. The van der Waals surface area contributed by atoms with Crippen LogP contribution in [0.2, 0.25) is 0 Å². The molecule has 0 bridgehead atoms. The molecular formula is C9H10F2N2O3. The van der Waals surface area contributed by atoms with E-state index < -0.39 is 23.7 Å². The van der Waals surface area contributed by atoms with E-state index >= 15 is 0 Å². The molecule has 16 heavy (non-hydrogen) atoms. The van der Waals surface area contributed by atoms with Crippen molar-refractivity contribution >= 4 is 5.97 Å². The summed E-state index contributed by atoms with van der Waals surface area (Å²) in [7, 11) is 1.21. The summed E-state index contributed by atoms with van der Waals surface area (Å²) in [5, 5.41) is 8.68. The second-order valence-electron chi connectivity index (χ2n) is 2.89. The van der Waals surface area contributed by atoms with Crippen molar-refractivity contribution in [1.82, 2.24) is 4.98 Å². The first kappa shape index (κ1) is 12.3. The Morgan fingerprint density at radius 3 is 2.69 bits per heavy atom. The lowest BCUT2D eigenvalue weighted by atomic mass is 10.1. The summed E-state index contributed by atoms with van der Waals surface area (Å²) < 4.78 is 30.0. The number of carboxylic acids is 1. The molecule has 0 aliphatic carbocycles. The standard InChI is InChI=1S/C9H10F2N2O3/c1-16-8-5(3-12)4(7(10)11)2-6(13-8)9(14)15/h2,7H,3,12H2,1H3,(H,14,15). The van der Waals surface area contributed by atoms with E-state index in [1.807, 2.05) is 0 Å². The molecule has 0 saturated carbocycles. The first-order valence-electron chi connectivity index (χ1n) is 4.30. The average Bonchev–Trinajstić information content (AvgIpc) is 2.26. The maximum Gasteiger partial charge on any atom is 0.354 e. The number of ether oxygens (including phenoxy) is 1. The Morgan fingerprint density at radius 1 is 1.69 bits per heavy atom. The number of nitrogens with two attached hydrogens (primary N) is 1. The van der Waals surface area contributed by atoms with E-state index in [9.17, 15) is 13.6 Å². The highest BCUT2D eigenvalue weighted by Gasteiger charge is 2.21. The van der Waals surface area contributed by atoms with Gasteiger partial charge in [-0.25, -0.2) is 18.6 Å². The molecule has 1 rings (SSSR count). The topological polar surface area (TPSA) is 85.4 Å². The van der Waals surface area contributed by atoms with Crippen LogP contribution in [0.15, 0.2) is 6.07 Å². The number of rotatable bonds is 4. The van der Waals surface area contributed by atoms with Gasteiger partial charge in [0.1, 0.15) is 0 Å². The number of pyridine rings is 1. The Balaban J connectivity index is 3.43. The number of hydrogen-bond acceptors (Lipinski definition) is 4. The van der Waals surface area contributed by atoms with Gasteiger partial charge in [-0.15, -0.1) is 0 Å². The van der Waals surface area contributed by atoms with E-state index in [1.54, 1.807) is 0 Å². The van der Waals surface area contributed by atoms with Gasteiger partial charge in [-0.2, -0.15) is 0 Å². The van der Waals surface area contributed by atoms with Gasteiger partial charge in [0, 0.05) is 17.7 Å². The second kappa shape index (κ2) is 4.84. The van der Waals surface area contributed by atoms with Crippen molar-refractivity contribution in [3.05, 3.63) is 22.9 Å². The van der Waals surface area contributed by atoms with Gasteiger partial charge in [0.25, 0.3) is 6.43 Å². The second-order valence-corrected chi connectivity index (χ2v) is 2.89. The Kier molecular flexibility index (Phi) is 3.73. The highest BCUT2D eigenvalue weighted by atomic mass is 19.3. The molecule has 88 valence electrons. The maximum atomic E-state index is 12.6. The van der Waals surface area contributed by atoms with E-state index in [0.717, 1.165) is 6.07 Å². The summed E-state index contributed by atoms with van der Waals surface area (Å²) in [6.45, 7) is -0.199. The van der Waals surface area contributed by atoms with Crippen LogP contribution >= 0.6 is 0 Å². The van der Waals surface area contributed by atoms with Gasteiger partial charge in [-0.3, -0.25) is 0 Å². The molecule has 5 nitrogen and oxygen atoms in total. The number of aromatic nitrogens is 1. The van der Waals surface area contributed by atoms with Crippen molar-refractivity contribution < 1.29 is 23.4 Å². The molecule has 0 amide bonds. The summed E-state index contributed by atoms with van der Waals surface area (Å²) in [5.41, 5.74) is 4.34. The minimum Gasteiger partial charge on any atom is -0.481 e. The number of alkyl halides is 2. The molecule has 1 heterocycles. The fourth-order valence-electron chi connectivity index (χ4n) is 1.25. The molecule has 0 aliphatic heterocycles. The number of hydrogen-bond donors (Lipinski definition) is 2. The average molecular weight is 232 g/mol. The van der Waals surface area contributed by atoms with Crippen molar-refractivity contribution in [2.45, 2.75) is 13.0 Å². The molecule has 3 N–H and O–H groups in total. The van der Waals surface area contributed by atoms with Crippen molar-refractivity contribution in [3.8, 4) is 5.88 Å². The summed E-state index contributed by atoms with van der Waals surface area (Å²) >= 11 is 0. The molecule has 1 aromatic rings. The minimum absolute atomic E-state index is 0.0162. The van der Waals surface area contributed by atoms with Gasteiger partial charge in [0.2, 0.25) is 5.88 Å². The van der Waals surface area contributed by atoms with Crippen LogP contribution in [-0.2, 0) is 6.54 Å². The Morgan fingerprint density at radius 2 is 2.31 bits per heavy atom. The van der Waals surface area contributed by atoms with Gasteiger partial charge in [0.05, 0.1) is 7.11 Å². The van der Waals surface area contributed by atoms with E-state index in [1.165, 1.54) is 7.11 Å². The van der Waals surface area contributed by atoms with Crippen molar-refractivity contribution in [1.29, 1.82) is 0 Å². The molecule has 0 unspecified atom stereocenters. The van der Waals surface area contributed by atoms with Crippen LogP contribution in [0.4, 0.5) is 8.78 Å².